The molecule has 0 saturated carbocycles. The average Bonchev–Trinajstić information content (AvgIpc) is 2.79. The van der Waals surface area contributed by atoms with Crippen LogP contribution in [-0.4, -0.2) is 63.8 Å². The van der Waals surface area contributed by atoms with Gasteiger partial charge in [0.25, 0.3) is 0 Å². The van der Waals surface area contributed by atoms with Gasteiger partial charge < -0.3 is 25.4 Å². The molecule has 0 aromatic heterocycles. The fourth-order valence-electron chi connectivity index (χ4n) is 2.85. The van der Waals surface area contributed by atoms with Crippen molar-refractivity contribution in [3.63, 3.8) is 0 Å². The van der Waals surface area contributed by atoms with Crippen LogP contribution in [0.25, 0.3) is 0 Å². The van der Waals surface area contributed by atoms with Crippen LogP contribution in [0.3, 0.4) is 0 Å². The number of carbonyl (C=O) groups excluding carboxylic acids is 3. The molecule has 0 fully saturated rings. The standard InChI is InChI=1S/C14H28N2O2.C11H23NO3.C2H6/c1-3-5-7-10-14(18)16-12-9-6-8-11-15-13(17)4-2;1-10(2,6-14-5)7-15-8-11(3,4)12-9-13;1-2/h3-12H2,1-2H3,(H,15,17)(H,16,18);9H,6-8H2,1-5H3,(H,12,13);1-2H3. The highest BCUT2D eigenvalue weighted by Gasteiger charge is 2.21. The molecule has 0 aromatic carbocycles. The summed E-state index contributed by atoms with van der Waals surface area (Å²) in [6.45, 7) is 19.3. The third-order valence-electron chi connectivity index (χ3n) is 4.77. The van der Waals surface area contributed by atoms with Gasteiger partial charge in [0.1, 0.15) is 0 Å². The lowest BCUT2D eigenvalue weighted by atomic mass is 9.96. The minimum Gasteiger partial charge on any atom is -0.384 e. The lowest BCUT2D eigenvalue weighted by molar-refractivity contribution is -0.121. The van der Waals surface area contributed by atoms with Crippen molar-refractivity contribution in [1.82, 2.24) is 16.0 Å². The van der Waals surface area contributed by atoms with Crippen molar-refractivity contribution < 1.29 is 23.9 Å². The van der Waals surface area contributed by atoms with Crippen molar-refractivity contribution >= 4 is 18.2 Å². The number of nitrogens with one attached hydrogen (secondary N) is 3. The molecule has 210 valence electrons. The largest absolute Gasteiger partial charge is 0.384 e. The molecule has 0 bridgehead atoms. The Hall–Kier alpha value is -1.67. The maximum Gasteiger partial charge on any atom is 0.219 e. The Morgan fingerprint density at radius 1 is 0.800 bits per heavy atom. The van der Waals surface area contributed by atoms with Crippen molar-refractivity contribution in [2.45, 2.75) is 112 Å². The van der Waals surface area contributed by atoms with Crippen LogP contribution < -0.4 is 16.0 Å². The molecular weight excluding hydrogens is 446 g/mol. The molecular formula is C27H57N3O5. The molecule has 0 unspecified atom stereocenters. The van der Waals surface area contributed by atoms with E-state index in [4.69, 9.17) is 9.47 Å². The lowest BCUT2D eigenvalue weighted by Crippen LogP contribution is -2.43. The highest BCUT2D eigenvalue weighted by Crippen LogP contribution is 2.16. The van der Waals surface area contributed by atoms with E-state index in [2.05, 4.69) is 36.7 Å². The van der Waals surface area contributed by atoms with Crippen molar-refractivity contribution in [3.05, 3.63) is 0 Å². The molecule has 0 atom stereocenters. The number of hydrogen-bond acceptors (Lipinski definition) is 5. The summed E-state index contributed by atoms with van der Waals surface area (Å²) in [5.74, 6) is 0.280. The first-order valence-corrected chi connectivity index (χ1v) is 13.3. The summed E-state index contributed by atoms with van der Waals surface area (Å²) in [7, 11) is 1.68. The minimum atomic E-state index is -0.315. The molecule has 0 radical (unpaired) electrons. The van der Waals surface area contributed by atoms with Gasteiger partial charge in [-0.1, -0.05) is 54.4 Å². The zero-order valence-corrected chi connectivity index (χ0v) is 24.3. The smallest absolute Gasteiger partial charge is 0.219 e. The number of amides is 3. The van der Waals surface area contributed by atoms with Gasteiger partial charge in [-0.25, -0.2) is 0 Å². The van der Waals surface area contributed by atoms with Crippen molar-refractivity contribution in [2.24, 2.45) is 5.41 Å². The third kappa shape index (κ3) is 30.3. The predicted molar refractivity (Wildman–Crippen MR) is 145 cm³/mol. The molecule has 3 amide bonds. The van der Waals surface area contributed by atoms with Crippen LogP contribution in [0.1, 0.15) is 107 Å². The second-order valence-corrected chi connectivity index (χ2v) is 9.81. The highest BCUT2D eigenvalue weighted by atomic mass is 16.5. The number of rotatable bonds is 19. The van der Waals surface area contributed by atoms with Gasteiger partial charge in [0, 0.05) is 38.5 Å². The van der Waals surface area contributed by atoms with E-state index in [0.29, 0.717) is 39.1 Å². The Morgan fingerprint density at radius 3 is 1.86 bits per heavy atom. The van der Waals surface area contributed by atoms with E-state index >= 15 is 0 Å². The summed E-state index contributed by atoms with van der Waals surface area (Å²) in [4.78, 5) is 32.6. The summed E-state index contributed by atoms with van der Waals surface area (Å²) in [6, 6.07) is 0. The van der Waals surface area contributed by atoms with Gasteiger partial charge in [0.15, 0.2) is 0 Å². The van der Waals surface area contributed by atoms with Crippen LogP contribution in [-0.2, 0) is 23.9 Å². The van der Waals surface area contributed by atoms with Crippen molar-refractivity contribution in [3.8, 4) is 0 Å². The highest BCUT2D eigenvalue weighted by molar-refractivity contribution is 5.75. The van der Waals surface area contributed by atoms with Crippen molar-refractivity contribution in [1.29, 1.82) is 0 Å². The van der Waals surface area contributed by atoms with Gasteiger partial charge in [0.05, 0.1) is 25.4 Å². The molecule has 0 rings (SSSR count). The van der Waals surface area contributed by atoms with Crippen LogP contribution in [0, 0.1) is 5.41 Å². The number of carbonyl (C=O) groups is 3. The van der Waals surface area contributed by atoms with E-state index < -0.39 is 0 Å². The number of unbranched alkanes of at least 4 members (excludes halogenated alkanes) is 4. The van der Waals surface area contributed by atoms with Gasteiger partial charge in [-0.15, -0.1) is 0 Å². The first-order chi connectivity index (χ1) is 16.5. The zero-order chi connectivity index (χ0) is 27.6. The van der Waals surface area contributed by atoms with E-state index in [1.165, 1.54) is 0 Å². The number of hydrogen-bond donors (Lipinski definition) is 3. The SMILES string of the molecule is CC.CCCCCC(=O)NCCCCCNC(=O)CC.COCC(C)(C)COCC(C)(C)NC=O. The molecule has 8 nitrogen and oxygen atoms in total. The van der Waals surface area contributed by atoms with Gasteiger partial charge in [-0.3, -0.25) is 14.4 Å². The summed E-state index contributed by atoms with van der Waals surface area (Å²) in [5.41, 5.74) is -0.309. The first kappa shape index (κ1) is 37.9. The summed E-state index contributed by atoms with van der Waals surface area (Å²) in [6.07, 6.45) is 8.18. The van der Waals surface area contributed by atoms with Gasteiger partial charge in [-0.05, 0) is 39.5 Å². The Kier molecular flexibility index (Phi) is 27.5. The van der Waals surface area contributed by atoms with Crippen LogP contribution in [0.15, 0.2) is 0 Å². The second kappa shape index (κ2) is 25.4. The van der Waals surface area contributed by atoms with E-state index in [-0.39, 0.29) is 22.8 Å². The summed E-state index contributed by atoms with van der Waals surface area (Å²) >= 11 is 0. The molecule has 0 aliphatic heterocycles. The van der Waals surface area contributed by atoms with E-state index in [0.717, 1.165) is 51.6 Å². The van der Waals surface area contributed by atoms with E-state index in [1.54, 1.807) is 7.11 Å². The van der Waals surface area contributed by atoms with Gasteiger partial charge in [0.2, 0.25) is 18.2 Å². The van der Waals surface area contributed by atoms with Crippen LogP contribution in [0.4, 0.5) is 0 Å². The second-order valence-electron chi connectivity index (χ2n) is 9.81. The average molecular weight is 504 g/mol. The Balaban J connectivity index is -0.000000554. The quantitative estimate of drug-likeness (QED) is 0.176. The molecule has 35 heavy (non-hydrogen) atoms. The molecule has 0 saturated heterocycles. The maximum absolute atomic E-state index is 11.4. The van der Waals surface area contributed by atoms with Gasteiger partial charge in [-0.2, -0.15) is 0 Å². The van der Waals surface area contributed by atoms with E-state index in [9.17, 15) is 14.4 Å². The van der Waals surface area contributed by atoms with Gasteiger partial charge >= 0.3 is 0 Å². The Labute approximate surface area is 216 Å². The third-order valence-corrected chi connectivity index (χ3v) is 4.77. The number of methoxy groups -OCH3 is 1. The number of ether oxygens (including phenoxy) is 2. The minimum absolute atomic E-state index is 0.00596. The van der Waals surface area contributed by atoms with E-state index in [1.807, 2.05) is 34.6 Å². The lowest BCUT2D eigenvalue weighted by Gasteiger charge is -2.28. The van der Waals surface area contributed by atoms with Crippen LogP contribution in [0.5, 0.6) is 0 Å². The van der Waals surface area contributed by atoms with Crippen LogP contribution >= 0.6 is 0 Å². The monoisotopic (exact) mass is 503 g/mol. The molecule has 8 heteroatoms. The molecule has 0 aliphatic carbocycles. The van der Waals surface area contributed by atoms with Crippen molar-refractivity contribution in [2.75, 3.05) is 40.0 Å². The fraction of sp³-hybridized carbons (Fsp3) is 0.889. The fourth-order valence-corrected chi connectivity index (χ4v) is 2.85. The molecule has 0 aromatic rings. The zero-order valence-electron chi connectivity index (χ0n) is 24.3. The summed E-state index contributed by atoms with van der Waals surface area (Å²) < 4.78 is 10.7. The Morgan fingerprint density at radius 2 is 1.37 bits per heavy atom. The first-order valence-electron chi connectivity index (χ1n) is 13.3. The molecule has 3 N–H and O–H groups in total. The molecule has 0 aliphatic rings. The topological polar surface area (TPSA) is 106 Å². The predicted octanol–water partition coefficient (Wildman–Crippen LogP) is 4.61. The Bertz CT molecular complexity index is 511. The van der Waals surface area contributed by atoms with Crippen LogP contribution in [0.2, 0.25) is 0 Å². The maximum atomic E-state index is 11.4. The normalized spacial score (nSPS) is 10.8. The summed E-state index contributed by atoms with van der Waals surface area (Å²) in [5, 5.41) is 8.47. The molecule has 0 heterocycles. The molecule has 0 spiro atoms.